The van der Waals surface area contributed by atoms with Crippen molar-refractivity contribution >= 4 is 34.3 Å². The molecule has 2 amide bonds. The molecule has 2 N–H and O–H groups in total. The van der Waals surface area contributed by atoms with E-state index in [1.54, 1.807) is 18.5 Å². The van der Waals surface area contributed by atoms with Crippen LogP contribution in [0.15, 0.2) is 54.9 Å². The minimum atomic E-state index is -0.407. The summed E-state index contributed by atoms with van der Waals surface area (Å²) < 4.78 is 5.36. The number of amides is 2. The first kappa shape index (κ1) is 22.2. The van der Waals surface area contributed by atoms with Crippen LogP contribution in [0.1, 0.15) is 41.8 Å². The van der Waals surface area contributed by atoms with Crippen LogP contribution in [0, 0.1) is 0 Å². The number of nitrogens with one attached hydrogen (secondary N) is 2. The number of carbonyl (C=O) groups is 2. The van der Waals surface area contributed by atoms with Crippen LogP contribution in [0.4, 0.5) is 11.4 Å². The van der Waals surface area contributed by atoms with Crippen molar-refractivity contribution in [1.29, 1.82) is 0 Å². The zero-order valence-corrected chi connectivity index (χ0v) is 19.8. The van der Waals surface area contributed by atoms with Gasteiger partial charge in [-0.05, 0) is 68.4 Å². The van der Waals surface area contributed by atoms with Gasteiger partial charge in [0.15, 0.2) is 0 Å². The van der Waals surface area contributed by atoms with Crippen LogP contribution in [-0.2, 0) is 9.53 Å². The Labute approximate surface area is 200 Å². The van der Waals surface area contributed by atoms with Crippen molar-refractivity contribution in [3.63, 3.8) is 0 Å². The molecule has 3 aliphatic heterocycles. The van der Waals surface area contributed by atoms with Gasteiger partial charge in [-0.2, -0.15) is 0 Å². The highest BCUT2D eigenvalue weighted by Gasteiger charge is 2.28. The second-order valence-electron chi connectivity index (χ2n) is 9.33. The molecular formula is C27H30N4O3. The zero-order valence-electron chi connectivity index (χ0n) is 19.8. The lowest BCUT2D eigenvalue weighted by Crippen LogP contribution is -2.55. The number of fused-ring (bicyclic) bond motifs is 1. The highest BCUT2D eigenvalue weighted by Crippen LogP contribution is 2.31. The van der Waals surface area contributed by atoms with Crippen LogP contribution in [0.2, 0.25) is 0 Å². The molecule has 7 nitrogen and oxygen atoms in total. The second-order valence-corrected chi connectivity index (χ2v) is 9.33. The third kappa shape index (κ3) is 4.19. The molecule has 0 aliphatic carbocycles. The molecule has 7 heteroatoms. The fourth-order valence-electron chi connectivity index (χ4n) is 4.81. The van der Waals surface area contributed by atoms with Gasteiger partial charge in [-0.3, -0.25) is 19.8 Å². The Hall–Kier alpha value is -3.58. The van der Waals surface area contributed by atoms with E-state index in [-0.39, 0.29) is 5.91 Å². The first-order chi connectivity index (χ1) is 16.4. The molecule has 0 aromatic heterocycles. The largest absolute Gasteiger partial charge is 0.501 e. The average Bonchev–Trinajstić information content (AvgIpc) is 3.37. The first-order valence-electron chi connectivity index (χ1n) is 11.8. The molecule has 3 heterocycles. The molecule has 0 bridgehead atoms. The van der Waals surface area contributed by atoms with Crippen LogP contribution < -0.4 is 15.5 Å². The van der Waals surface area contributed by atoms with Crippen molar-refractivity contribution < 1.29 is 14.3 Å². The summed E-state index contributed by atoms with van der Waals surface area (Å²) in [5, 5.41) is 5.68. The Balaban J connectivity index is 1.37. The van der Waals surface area contributed by atoms with Crippen LogP contribution in [0.25, 0.3) is 11.1 Å². The molecule has 0 saturated carbocycles. The molecule has 0 unspecified atom stereocenters. The van der Waals surface area contributed by atoms with E-state index in [4.69, 9.17) is 4.74 Å². The van der Waals surface area contributed by atoms with E-state index in [2.05, 4.69) is 53.5 Å². The predicted octanol–water partition coefficient (Wildman–Crippen LogP) is 3.70. The van der Waals surface area contributed by atoms with Crippen molar-refractivity contribution in [3.05, 3.63) is 71.6 Å². The summed E-state index contributed by atoms with van der Waals surface area (Å²) in [6.07, 6.45) is 4.24. The molecular weight excluding hydrogens is 428 g/mol. The van der Waals surface area contributed by atoms with E-state index in [0.717, 1.165) is 36.3 Å². The standard InChI is InChI=1S/C27H30N4O3/c1-17-14-31(15-18(2)30(17)3)22-7-5-21(6-8-22)28-13-25-24-12-19(20-10-11-34-16-20)4-9-23(24)26(32)29-27(25)33/h4-9,12-13,16-18,28H,10-11,14-15H2,1-3H3,(H,29,32,33)/b25-13-/t17-,18+. The third-order valence-electron chi connectivity index (χ3n) is 7.09. The fourth-order valence-corrected chi connectivity index (χ4v) is 4.81. The van der Waals surface area contributed by atoms with Gasteiger partial charge in [0.25, 0.3) is 11.8 Å². The van der Waals surface area contributed by atoms with E-state index in [1.807, 2.05) is 24.3 Å². The monoisotopic (exact) mass is 458 g/mol. The van der Waals surface area contributed by atoms with Crippen molar-refractivity contribution in [3.8, 4) is 0 Å². The molecule has 5 rings (SSSR count). The molecule has 1 fully saturated rings. The molecule has 34 heavy (non-hydrogen) atoms. The van der Waals surface area contributed by atoms with Gasteiger partial charge < -0.3 is 15.0 Å². The minimum Gasteiger partial charge on any atom is -0.501 e. The topological polar surface area (TPSA) is 73.9 Å². The van der Waals surface area contributed by atoms with Crippen molar-refractivity contribution in [2.75, 3.05) is 37.0 Å². The molecule has 2 aromatic carbocycles. The lowest BCUT2D eigenvalue weighted by atomic mass is 9.91. The van der Waals surface area contributed by atoms with Crippen molar-refractivity contribution in [2.45, 2.75) is 32.4 Å². The summed E-state index contributed by atoms with van der Waals surface area (Å²) in [6.45, 7) is 7.14. The molecule has 0 spiro atoms. The van der Waals surface area contributed by atoms with Gasteiger partial charge in [0, 0.05) is 60.3 Å². The van der Waals surface area contributed by atoms with E-state index in [1.165, 1.54) is 5.69 Å². The molecule has 1 saturated heterocycles. The number of hydrogen-bond donors (Lipinski definition) is 2. The quantitative estimate of drug-likeness (QED) is 0.538. The summed E-state index contributed by atoms with van der Waals surface area (Å²) in [4.78, 5) is 29.9. The number of anilines is 2. The lowest BCUT2D eigenvalue weighted by molar-refractivity contribution is -0.114. The van der Waals surface area contributed by atoms with Gasteiger partial charge in [-0.1, -0.05) is 6.07 Å². The predicted molar refractivity (Wildman–Crippen MR) is 134 cm³/mol. The minimum absolute atomic E-state index is 0.375. The van der Waals surface area contributed by atoms with Crippen LogP contribution in [-0.4, -0.2) is 55.5 Å². The fraction of sp³-hybridized carbons (Fsp3) is 0.333. The van der Waals surface area contributed by atoms with Gasteiger partial charge in [0.1, 0.15) is 0 Å². The normalized spacial score (nSPS) is 23.9. The Bertz CT molecular complexity index is 1170. The number of carbonyl (C=O) groups excluding carboxylic acids is 2. The molecule has 176 valence electrons. The maximum Gasteiger partial charge on any atom is 0.260 e. The van der Waals surface area contributed by atoms with Crippen molar-refractivity contribution in [2.24, 2.45) is 0 Å². The number of hydrogen-bond acceptors (Lipinski definition) is 6. The zero-order chi connectivity index (χ0) is 23.8. The van der Waals surface area contributed by atoms with Gasteiger partial charge in [-0.25, -0.2) is 0 Å². The first-order valence-corrected chi connectivity index (χ1v) is 11.8. The lowest BCUT2D eigenvalue weighted by Gasteiger charge is -2.43. The number of imide groups is 1. The number of likely N-dealkylation sites (N-methyl/N-ethyl adjacent to an activating group) is 1. The summed E-state index contributed by atoms with van der Waals surface area (Å²) in [5.41, 5.74) is 5.64. The number of ether oxygens (including phenoxy) is 1. The number of rotatable bonds is 4. The number of nitrogens with zero attached hydrogens (tertiary/aromatic N) is 2. The molecule has 2 aromatic rings. The summed E-state index contributed by atoms with van der Waals surface area (Å²) in [6, 6.07) is 14.8. The highest BCUT2D eigenvalue weighted by molar-refractivity contribution is 6.31. The van der Waals surface area contributed by atoms with Crippen LogP contribution >= 0.6 is 0 Å². The molecule has 2 atom stereocenters. The molecule has 0 radical (unpaired) electrons. The Kier molecular flexibility index (Phi) is 5.87. The summed E-state index contributed by atoms with van der Waals surface area (Å²) in [5.74, 6) is -0.781. The summed E-state index contributed by atoms with van der Waals surface area (Å²) >= 11 is 0. The van der Waals surface area contributed by atoms with Gasteiger partial charge >= 0.3 is 0 Å². The average molecular weight is 459 g/mol. The second kappa shape index (κ2) is 8.99. The smallest absolute Gasteiger partial charge is 0.260 e. The van der Waals surface area contributed by atoms with Gasteiger partial charge in [0.2, 0.25) is 0 Å². The SMILES string of the molecule is C[C@@H]1CN(c2ccc(N/C=C3\C(=O)NC(=O)c4ccc(C5=COCC5)cc43)cc2)C[C@H](C)N1C. The van der Waals surface area contributed by atoms with E-state index >= 15 is 0 Å². The third-order valence-corrected chi connectivity index (χ3v) is 7.09. The number of benzene rings is 2. The maximum absolute atomic E-state index is 12.7. The Morgan fingerprint density at radius 3 is 2.41 bits per heavy atom. The van der Waals surface area contributed by atoms with Gasteiger partial charge in [-0.15, -0.1) is 0 Å². The van der Waals surface area contributed by atoms with E-state index < -0.39 is 5.91 Å². The van der Waals surface area contributed by atoms with Gasteiger partial charge in [0.05, 0.1) is 18.4 Å². The Morgan fingerprint density at radius 2 is 1.74 bits per heavy atom. The Morgan fingerprint density at radius 1 is 1.00 bits per heavy atom. The highest BCUT2D eigenvalue weighted by atomic mass is 16.5. The van der Waals surface area contributed by atoms with E-state index in [0.29, 0.717) is 35.4 Å². The van der Waals surface area contributed by atoms with Crippen LogP contribution in [0.3, 0.4) is 0 Å². The molecule has 3 aliphatic rings. The maximum atomic E-state index is 12.7. The summed E-state index contributed by atoms with van der Waals surface area (Å²) in [7, 11) is 2.18. The number of piperazine rings is 1. The van der Waals surface area contributed by atoms with Crippen molar-refractivity contribution in [1.82, 2.24) is 10.2 Å². The van der Waals surface area contributed by atoms with E-state index in [9.17, 15) is 9.59 Å². The van der Waals surface area contributed by atoms with Crippen LogP contribution in [0.5, 0.6) is 0 Å².